The minimum Gasteiger partial charge on any atom is -0.494 e. The van der Waals surface area contributed by atoms with Crippen molar-refractivity contribution in [1.82, 2.24) is 0 Å². The zero-order valence-electron chi connectivity index (χ0n) is 12.2. The number of hydrogen-bond acceptors (Lipinski definition) is 5. The number of benzene rings is 1. The third-order valence-electron chi connectivity index (χ3n) is 2.65. The van der Waals surface area contributed by atoms with E-state index in [0.29, 0.717) is 18.0 Å². The molecule has 0 radical (unpaired) electrons. The highest BCUT2D eigenvalue weighted by Gasteiger charge is 2.17. The molecule has 0 spiro atoms. The average Bonchev–Trinajstić information content (AvgIpc) is 2.39. The number of carbonyl (C=O) groups is 2. The fraction of sp³-hybridized carbons (Fsp3) is 0.429. The first-order valence-corrected chi connectivity index (χ1v) is 8.59. The van der Waals surface area contributed by atoms with E-state index >= 15 is 0 Å². The van der Waals surface area contributed by atoms with Crippen molar-refractivity contribution in [2.45, 2.75) is 19.8 Å². The first-order chi connectivity index (χ1) is 10.3. The van der Waals surface area contributed by atoms with Gasteiger partial charge in [-0.05, 0) is 37.6 Å². The zero-order valence-corrected chi connectivity index (χ0v) is 13.1. The van der Waals surface area contributed by atoms with Gasteiger partial charge in [0.1, 0.15) is 11.5 Å². The monoisotopic (exact) mass is 329 g/mol. The lowest BCUT2D eigenvalue weighted by Crippen LogP contribution is -2.25. The van der Waals surface area contributed by atoms with Crippen molar-refractivity contribution in [2.24, 2.45) is 0 Å². The van der Waals surface area contributed by atoms with Crippen LogP contribution >= 0.6 is 0 Å². The molecule has 8 heteroatoms. The van der Waals surface area contributed by atoms with Gasteiger partial charge in [0.25, 0.3) is 0 Å². The normalized spacial score (nSPS) is 11.0. The summed E-state index contributed by atoms with van der Waals surface area (Å²) in [7, 11) is -3.61. The number of carboxylic acid groups (broad SMARTS) is 1. The Morgan fingerprint density at radius 1 is 1.23 bits per heavy atom. The first kappa shape index (κ1) is 18.0. The maximum absolute atomic E-state index is 11.7. The third-order valence-corrected chi connectivity index (χ3v) is 4.26. The highest BCUT2D eigenvalue weighted by molar-refractivity contribution is 7.92. The molecule has 0 saturated heterocycles. The average molecular weight is 329 g/mol. The maximum Gasteiger partial charge on any atom is 0.303 e. The molecule has 0 atom stereocenters. The van der Waals surface area contributed by atoms with Crippen LogP contribution in [-0.2, 0) is 19.4 Å². The molecule has 7 nitrogen and oxygen atoms in total. The molecule has 0 saturated carbocycles. The van der Waals surface area contributed by atoms with Crippen LogP contribution in [0.4, 0.5) is 5.69 Å². The highest BCUT2D eigenvalue weighted by Crippen LogP contribution is 2.15. The van der Waals surface area contributed by atoms with Gasteiger partial charge in [0, 0.05) is 12.1 Å². The van der Waals surface area contributed by atoms with Gasteiger partial charge in [-0.1, -0.05) is 0 Å². The highest BCUT2D eigenvalue weighted by atomic mass is 32.2. The summed E-state index contributed by atoms with van der Waals surface area (Å²) >= 11 is 0. The summed E-state index contributed by atoms with van der Waals surface area (Å²) in [5.74, 6) is -2.05. The van der Waals surface area contributed by atoms with E-state index in [4.69, 9.17) is 9.84 Å². The van der Waals surface area contributed by atoms with Crippen molar-refractivity contribution >= 4 is 27.4 Å². The maximum atomic E-state index is 11.7. The molecule has 0 bridgehead atoms. The number of carbonyl (C=O) groups excluding carboxylic acids is 1. The van der Waals surface area contributed by atoms with E-state index in [2.05, 4.69) is 5.32 Å². The van der Waals surface area contributed by atoms with Crippen molar-refractivity contribution in [3.05, 3.63) is 24.3 Å². The van der Waals surface area contributed by atoms with Crippen LogP contribution in [0, 0.1) is 0 Å². The lowest BCUT2D eigenvalue weighted by atomic mass is 10.3. The van der Waals surface area contributed by atoms with Crippen LogP contribution in [0.5, 0.6) is 5.75 Å². The molecule has 0 aromatic heterocycles. The summed E-state index contributed by atoms with van der Waals surface area (Å²) in [5.41, 5.74) is 0.467. The Morgan fingerprint density at radius 3 is 2.41 bits per heavy atom. The minimum atomic E-state index is -3.61. The standard InChI is InChI=1S/C14H19NO6S/c1-2-21-12-7-5-11(6-8-12)15-13(16)10-22(19,20)9-3-4-14(17)18/h5-8H,2-4,9-10H2,1H3,(H,15,16)(H,17,18). The number of amides is 1. The van der Waals surface area contributed by atoms with Crippen molar-refractivity contribution in [3.8, 4) is 5.75 Å². The second kappa shape index (κ2) is 8.38. The largest absolute Gasteiger partial charge is 0.494 e. The number of carboxylic acids is 1. The Balaban J connectivity index is 2.49. The molecule has 1 amide bonds. The molecule has 122 valence electrons. The van der Waals surface area contributed by atoms with Crippen LogP contribution < -0.4 is 10.1 Å². The molecule has 22 heavy (non-hydrogen) atoms. The van der Waals surface area contributed by atoms with Crippen molar-refractivity contribution in [2.75, 3.05) is 23.4 Å². The summed E-state index contributed by atoms with van der Waals surface area (Å²) in [6, 6.07) is 6.56. The lowest BCUT2D eigenvalue weighted by Gasteiger charge is -2.07. The number of hydrogen-bond donors (Lipinski definition) is 2. The third kappa shape index (κ3) is 7.07. The summed E-state index contributed by atoms with van der Waals surface area (Å²) in [6.07, 6.45) is -0.242. The SMILES string of the molecule is CCOc1ccc(NC(=O)CS(=O)(=O)CCCC(=O)O)cc1. The lowest BCUT2D eigenvalue weighted by molar-refractivity contribution is -0.137. The molecule has 1 rings (SSSR count). The van der Waals surface area contributed by atoms with Crippen LogP contribution in [-0.4, -0.2) is 43.5 Å². The van der Waals surface area contributed by atoms with Gasteiger partial charge >= 0.3 is 5.97 Å². The molecule has 2 N–H and O–H groups in total. The number of aliphatic carboxylic acids is 1. The van der Waals surface area contributed by atoms with Crippen LogP contribution in [0.25, 0.3) is 0 Å². The van der Waals surface area contributed by atoms with Gasteiger partial charge < -0.3 is 15.2 Å². The summed E-state index contributed by atoms with van der Waals surface area (Å²) in [4.78, 5) is 22.0. The van der Waals surface area contributed by atoms with Crippen LogP contribution in [0.3, 0.4) is 0 Å². The summed E-state index contributed by atoms with van der Waals surface area (Å²) in [5, 5.41) is 10.9. The van der Waals surface area contributed by atoms with Gasteiger partial charge in [0.2, 0.25) is 5.91 Å². The molecule has 0 fully saturated rings. The predicted molar refractivity (Wildman–Crippen MR) is 81.8 cm³/mol. The van der Waals surface area contributed by atoms with Crippen molar-refractivity contribution < 1.29 is 27.9 Å². The molecular weight excluding hydrogens is 310 g/mol. The second-order valence-corrected chi connectivity index (χ2v) is 6.78. The molecule has 0 unspecified atom stereocenters. The fourth-order valence-electron chi connectivity index (χ4n) is 1.71. The molecule has 0 aliphatic carbocycles. The number of nitrogens with one attached hydrogen (secondary N) is 1. The van der Waals surface area contributed by atoms with Gasteiger partial charge in [-0.25, -0.2) is 8.42 Å². The van der Waals surface area contributed by atoms with E-state index in [1.54, 1.807) is 24.3 Å². The van der Waals surface area contributed by atoms with Gasteiger partial charge in [-0.15, -0.1) is 0 Å². The van der Waals surface area contributed by atoms with E-state index in [1.165, 1.54) is 0 Å². The van der Waals surface area contributed by atoms with E-state index in [1.807, 2.05) is 6.92 Å². The van der Waals surface area contributed by atoms with Crippen molar-refractivity contribution in [3.63, 3.8) is 0 Å². The second-order valence-electron chi connectivity index (χ2n) is 4.59. The Morgan fingerprint density at radius 2 is 1.86 bits per heavy atom. The van der Waals surface area contributed by atoms with Crippen molar-refractivity contribution in [1.29, 1.82) is 0 Å². The number of anilines is 1. The Hall–Kier alpha value is -2.09. The number of rotatable bonds is 9. The summed E-state index contributed by atoms with van der Waals surface area (Å²) < 4.78 is 28.6. The van der Waals surface area contributed by atoms with E-state index in [-0.39, 0.29) is 18.6 Å². The molecule has 0 aliphatic heterocycles. The zero-order chi connectivity index (χ0) is 16.6. The predicted octanol–water partition coefficient (Wildman–Crippen LogP) is 1.30. The van der Waals surface area contributed by atoms with E-state index in [0.717, 1.165) is 0 Å². The first-order valence-electron chi connectivity index (χ1n) is 6.77. The number of ether oxygens (including phenoxy) is 1. The van der Waals surface area contributed by atoms with Crippen LogP contribution in [0.2, 0.25) is 0 Å². The van der Waals surface area contributed by atoms with Crippen LogP contribution in [0.1, 0.15) is 19.8 Å². The molecular formula is C14H19NO6S. The Labute approximate surface area is 129 Å². The Kier molecular flexibility index (Phi) is 6.84. The Bertz CT molecular complexity index is 609. The van der Waals surface area contributed by atoms with E-state index < -0.39 is 27.5 Å². The van der Waals surface area contributed by atoms with Crippen LogP contribution in [0.15, 0.2) is 24.3 Å². The fourth-order valence-corrected chi connectivity index (χ4v) is 2.91. The van der Waals surface area contributed by atoms with Gasteiger partial charge in [-0.2, -0.15) is 0 Å². The quantitative estimate of drug-likeness (QED) is 0.707. The summed E-state index contributed by atoms with van der Waals surface area (Å²) in [6.45, 7) is 2.38. The molecule has 1 aromatic carbocycles. The van der Waals surface area contributed by atoms with Gasteiger partial charge in [0.05, 0.1) is 12.4 Å². The topological polar surface area (TPSA) is 110 Å². The molecule has 1 aromatic rings. The molecule has 0 aliphatic rings. The van der Waals surface area contributed by atoms with E-state index in [9.17, 15) is 18.0 Å². The van der Waals surface area contributed by atoms with Gasteiger partial charge in [0.15, 0.2) is 9.84 Å². The molecule has 0 heterocycles. The minimum absolute atomic E-state index is 0.00595. The van der Waals surface area contributed by atoms with Gasteiger partial charge in [-0.3, -0.25) is 9.59 Å². The number of sulfone groups is 1. The smallest absolute Gasteiger partial charge is 0.303 e.